The van der Waals surface area contributed by atoms with Crippen molar-refractivity contribution >= 4 is 15.9 Å². The number of rotatable bonds is 6. The summed E-state index contributed by atoms with van der Waals surface area (Å²) in [5.74, 6) is 0.523. The Morgan fingerprint density at radius 2 is 1.81 bits per heavy atom. The van der Waals surface area contributed by atoms with Crippen LogP contribution >= 0.6 is 0 Å². The van der Waals surface area contributed by atoms with Crippen molar-refractivity contribution in [3.63, 3.8) is 0 Å². The van der Waals surface area contributed by atoms with Crippen molar-refractivity contribution < 1.29 is 17.9 Å². The molecule has 1 fully saturated rings. The number of amides is 1. The molecule has 31 heavy (non-hydrogen) atoms. The number of benzene rings is 2. The summed E-state index contributed by atoms with van der Waals surface area (Å²) in [6, 6.07) is 13.9. The van der Waals surface area contributed by atoms with Crippen molar-refractivity contribution in [2.75, 3.05) is 13.1 Å². The molecule has 1 unspecified atom stereocenters. The molecule has 2 aliphatic rings. The van der Waals surface area contributed by atoms with Gasteiger partial charge in [-0.3, -0.25) is 4.79 Å². The van der Waals surface area contributed by atoms with E-state index in [1.807, 2.05) is 24.3 Å². The molecule has 2 aromatic rings. The van der Waals surface area contributed by atoms with Crippen LogP contribution in [0.2, 0.25) is 0 Å². The lowest BCUT2D eigenvalue weighted by molar-refractivity contribution is 0.0227. The molecule has 4 rings (SSSR count). The highest BCUT2D eigenvalue weighted by Gasteiger charge is 2.39. The summed E-state index contributed by atoms with van der Waals surface area (Å²) in [5, 5.41) is 3.14. The van der Waals surface area contributed by atoms with Crippen LogP contribution < -0.4 is 10.1 Å². The number of carbonyl (C=O) groups is 1. The third-order valence-corrected chi connectivity index (χ3v) is 8.48. The van der Waals surface area contributed by atoms with E-state index >= 15 is 0 Å². The van der Waals surface area contributed by atoms with Gasteiger partial charge in [-0.1, -0.05) is 38.1 Å². The summed E-state index contributed by atoms with van der Waals surface area (Å²) in [7, 11) is -3.57. The fourth-order valence-corrected chi connectivity index (χ4v) is 6.11. The lowest BCUT2D eigenvalue weighted by Gasteiger charge is -2.41. The maximum atomic E-state index is 13.2. The summed E-state index contributed by atoms with van der Waals surface area (Å²) in [4.78, 5) is 13.3. The van der Waals surface area contributed by atoms with Crippen LogP contribution in [0.1, 0.15) is 67.9 Å². The van der Waals surface area contributed by atoms with Crippen molar-refractivity contribution in [1.82, 2.24) is 9.62 Å². The standard InChI is InChI=1S/C24H30N2O4S/c1-3-24(4-2)17-21(20-12-5-6-13-22(20)30-24)25-23(27)18-10-9-11-19(16-18)31(28,29)26-14-7-8-15-26/h5-6,9-13,16,21H,3-4,7-8,14-15,17H2,1-2H3,(H,25,27). The topological polar surface area (TPSA) is 75.7 Å². The van der Waals surface area contributed by atoms with Gasteiger partial charge >= 0.3 is 0 Å². The van der Waals surface area contributed by atoms with E-state index in [1.165, 1.54) is 10.4 Å². The van der Waals surface area contributed by atoms with E-state index in [0.29, 0.717) is 25.1 Å². The van der Waals surface area contributed by atoms with E-state index in [1.54, 1.807) is 18.2 Å². The molecule has 1 amide bonds. The van der Waals surface area contributed by atoms with E-state index in [0.717, 1.165) is 37.0 Å². The van der Waals surface area contributed by atoms with Crippen molar-refractivity contribution in [1.29, 1.82) is 0 Å². The Kier molecular flexibility index (Phi) is 6.08. The van der Waals surface area contributed by atoms with E-state index in [2.05, 4.69) is 19.2 Å². The first-order valence-electron chi connectivity index (χ1n) is 11.1. The number of hydrogen-bond donors (Lipinski definition) is 1. The Morgan fingerprint density at radius 3 is 2.52 bits per heavy atom. The monoisotopic (exact) mass is 442 g/mol. The van der Waals surface area contributed by atoms with Crippen molar-refractivity contribution in [3.05, 3.63) is 59.7 Å². The first kappa shape index (κ1) is 21.8. The molecule has 1 saturated heterocycles. The molecule has 0 saturated carbocycles. The van der Waals surface area contributed by atoms with Gasteiger partial charge in [0.05, 0.1) is 10.9 Å². The highest BCUT2D eigenvalue weighted by atomic mass is 32.2. The average Bonchev–Trinajstić information content (AvgIpc) is 3.35. The molecule has 7 heteroatoms. The molecule has 2 aromatic carbocycles. The lowest BCUT2D eigenvalue weighted by atomic mass is 9.83. The molecule has 166 valence electrons. The zero-order valence-electron chi connectivity index (χ0n) is 18.1. The number of hydrogen-bond acceptors (Lipinski definition) is 4. The Bertz CT molecular complexity index is 1060. The molecule has 2 heterocycles. The van der Waals surface area contributed by atoms with Crippen molar-refractivity contribution in [2.24, 2.45) is 0 Å². The Hall–Kier alpha value is -2.38. The predicted octanol–water partition coefficient (Wildman–Crippen LogP) is 4.28. The number of nitrogens with zero attached hydrogens (tertiary/aromatic N) is 1. The average molecular weight is 443 g/mol. The SMILES string of the molecule is CCC1(CC)CC(NC(=O)c2cccc(S(=O)(=O)N3CCCC3)c2)c2ccccc2O1. The molecule has 0 bridgehead atoms. The van der Waals surface area contributed by atoms with Crippen LogP contribution in [0.25, 0.3) is 0 Å². The summed E-state index contributed by atoms with van der Waals surface area (Å²) >= 11 is 0. The summed E-state index contributed by atoms with van der Waals surface area (Å²) < 4.78 is 33.6. The van der Waals surface area contributed by atoms with E-state index in [-0.39, 0.29) is 22.4 Å². The fourth-order valence-electron chi connectivity index (χ4n) is 4.55. The van der Waals surface area contributed by atoms with Crippen LogP contribution in [0.5, 0.6) is 5.75 Å². The van der Waals surface area contributed by atoms with Crippen LogP contribution in [0.3, 0.4) is 0 Å². The minimum absolute atomic E-state index is 0.172. The molecule has 1 N–H and O–H groups in total. The maximum Gasteiger partial charge on any atom is 0.251 e. The van der Waals surface area contributed by atoms with Gasteiger partial charge in [0.25, 0.3) is 5.91 Å². The third-order valence-electron chi connectivity index (χ3n) is 6.59. The molecule has 1 atom stereocenters. The Balaban J connectivity index is 1.60. The predicted molar refractivity (Wildman–Crippen MR) is 120 cm³/mol. The maximum absolute atomic E-state index is 13.2. The molecule has 0 radical (unpaired) electrons. The van der Waals surface area contributed by atoms with Gasteiger partial charge in [-0.05, 0) is 49.9 Å². The number of sulfonamides is 1. The zero-order chi connectivity index (χ0) is 22.1. The van der Waals surface area contributed by atoms with Gasteiger partial charge in [0, 0.05) is 30.6 Å². The van der Waals surface area contributed by atoms with Gasteiger partial charge in [0.2, 0.25) is 10.0 Å². The van der Waals surface area contributed by atoms with Crippen LogP contribution in [-0.2, 0) is 10.0 Å². The fraction of sp³-hybridized carbons (Fsp3) is 0.458. The molecule has 0 aliphatic carbocycles. The molecule has 6 nitrogen and oxygen atoms in total. The highest BCUT2D eigenvalue weighted by molar-refractivity contribution is 7.89. The van der Waals surface area contributed by atoms with Crippen molar-refractivity contribution in [3.8, 4) is 5.75 Å². The minimum atomic E-state index is -3.57. The summed E-state index contributed by atoms with van der Waals surface area (Å²) in [6.07, 6.45) is 4.11. The van der Waals surface area contributed by atoms with Gasteiger partial charge in [0.15, 0.2) is 0 Å². The second-order valence-corrected chi connectivity index (χ2v) is 10.3. The zero-order valence-corrected chi connectivity index (χ0v) is 19.0. The van der Waals surface area contributed by atoms with Gasteiger partial charge in [-0.15, -0.1) is 0 Å². The quantitative estimate of drug-likeness (QED) is 0.724. The Labute approximate surface area is 184 Å². The molecule has 2 aliphatic heterocycles. The molecule has 0 spiro atoms. The number of carbonyl (C=O) groups excluding carboxylic acids is 1. The first-order valence-corrected chi connectivity index (χ1v) is 12.5. The third kappa shape index (κ3) is 4.21. The van der Waals surface area contributed by atoms with E-state index in [9.17, 15) is 13.2 Å². The van der Waals surface area contributed by atoms with E-state index < -0.39 is 10.0 Å². The number of nitrogens with one attached hydrogen (secondary N) is 1. The van der Waals surface area contributed by atoms with Crippen LogP contribution in [0.15, 0.2) is 53.4 Å². The highest BCUT2D eigenvalue weighted by Crippen LogP contribution is 2.42. The second-order valence-electron chi connectivity index (χ2n) is 8.40. The minimum Gasteiger partial charge on any atom is -0.487 e. The molecule has 0 aromatic heterocycles. The molecular weight excluding hydrogens is 412 g/mol. The van der Waals surface area contributed by atoms with Gasteiger partial charge in [0.1, 0.15) is 11.4 Å². The number of para-hydroxylation sites is 1. The van der Waals surface area contributed by atoms with Crippen LogP contribution in [0.4, 0.5) is 0 Å². The number of fused-ring (bicyclic) bond motifs is 1. The Morgan fingerprint density at radius 1 is 1.10 bits per heavy atom. The summed E-state index contributed by atoms with van der Waals surface area (Å²) in [6.45, 7) is 5.27. The van der Waals surface area contributed by atoms with Gasteiger partial charge < -0.3 is 10.1 Å². The van der Waals surface area contributed by atoms with Crippen LogP contribution in [0, 0.1) is 0 Å². The van der Waals surface area contributed by atoms with Gasteiger partial charge in [-0.2, -0.15) is 4.31 Å². The number of ether oxygens (including phenoxy) is 1. The second kappa shape index (κ2) is 8.63. The van der Waals surface area contributed by atoms with Gasteiger partial charge in [-0.25, -0.2) is 8.42 Å². The normalized spacial score (nSPS) is 20.6. The van der Waals surface area contributed by atoms with Crippen molar-refractivity contribution in [2.45, 2.75) is 62.5 Å². The summed E-state index contributed by atoms with van der Waals surface area (Å²) in [5.41, 5.74) is 0.977. The lowest BCUT2D eigenvalue weighted by Crippen LogP contribution is -2.44. The van der Waals surface area contributed by atoms with E-state index in [4.69, 9.17) is 4.74 Å². The molecular formula is C24H30N2O4S. The first-order chi connectivity index (χ1) is 14.9. The van der Waals surface area contributed by atoms with Crippen LogP contribution in [-0.4, -0.2) is 37.3 Å². The largest absolute Gasteiger partial charge is 0.487 e. The smallest absolute Gasteiger partial charge is 0.251 e.